The molecule has 2 N–H and O–H groups in total. The molecule has 0 bridgehead atoms. The standard InChI is InChI=1S/C15H12FN3/c16-10-4-1-3-9(7-10)14-11-5-2-6-13(11)19-15(18)12(14)8-17/h1,3-4,7H,2,5-6H2,(H2,18,19). The van der Waals surface area contributed by atoms with E-state index in [1.165, 1.54) is 12.1 Å². The van der Waals surface area contributed by atoms with Gasteiger partial charge in [-0.1, -0.05) is 12.1 Å². The highest BCUT2D eigenvalue weighted by Crippen LogP contribution is 2.36. The minimum atomic E-state index is -0.316. The molecular weight excluding hydrogens is 241 g/mol. The second-order valence-electron chi connectivity index (χ2n) is 4.65. The molecule has 1 heterocycles. The predicted molar refractivity (Wildman–Crippen MR) is 70.8 cm³/mol. The minimum Gasteiger partial charge on any atom is -0.383 e. The minimum absolute atomic E-state index is 0.238. The van der Waals surface area contributed by atoms with E-state index in [1.807, 2.05) is 0 Å². The zero-order valence-corrected chi connectivity index (χ0v) is 10.3. The smallest absolute Gasteiger partial charge is 0.142 e. The first-order chi connectivity index (χ1) is 9.20. The summed E-state index contributed by atoms with van der Waals surface area (Å²) in [4.78, 5) is 4.29. The number of pyridine rings is 1. The molecule has 0 fully saturated rings. The van der Waals surface area contributed by atoms with Gasteiger partial charge in [0.25, 0.3) is 0 Å². The third-order valence-corrected chi connectivity index (χ3v) is 3.48. The fourth-order valence-electron chi connectivity index (χ4n) is 2.68. The van der Waals surface area contributed by atoms with Crippen molar-refractivity contribution in [1.82, 2.24) is 4.98 Å². The maximum absolute atomic E-state index is 13.4. The Labute approximate surface area is 110 Å². The van der Waals surface area contributed by atoms with Crippen LogP contribution in [-0.4, -0.2) is 4.98 Å². The molecule has 0 saturated heterocycles. The summed E-state index contributed by atoms with van der Waals surface area (Å²) >= 11 is 0. The van der Waals surface area contributed by atoms with Gasteiger partial charge in [-0.25, -0.2) is 9.37 Å². The van der Waals surface area contributed by atoms with E-state index >= 15 is 0 Å². The molecule has 1 aromatic carbocycles. The Hall–Kier alpha value is -2.41. The SMILES string of the molecule is N#Cc1c(N)nc2c(c1-c1cccc(F)c1)CCC2. The quantitative estimate of drug-likeness (QED) is 0.850. The second kappa shape index (κ2) is 4.36. The van der Waals surface area contributed by atoms with Gasteiger partial charge in [0.1, 0.15) is 23.3 Å². The number of rotatable bonds is 1. The lowest BCUT2D eigenvalue weighted by Gasteiger charge is -2.12. The maximum Gasteiger partial charge on any atom is 0.142 e. The van der Waals surface area contributed by atoms with E-state index in [9.17, 15) is 9.65 Å². The Morgan fingerprint density at radius 3 is 2.89 bits per heavy atom. The van der Waals surface area contributed by atoms with Gasteiger partial charge < -0.3 is 5.73 Å². The van der Waals surface area contributed by atoms with Crippen molar-refractivity contribution in [3.63, 3.8) is 0 Å². The monoisotopic (exact) mass is 253 g/mol. The molecule has 0 aliphatic heterocycles. The third-order valence-electron chi connectivity index (χ3n) is 3.48. The largest absolute Gasteiger partial charge is 0.383 e. The molecule has 1 aliphatic carbocycles. The van der Waals surface area contributed by atoms with Crippen molar-refractivity contribution in [3.8, 4) is 17.2 Å². The molecule has 94 valence electrons. The van der Waals surface area contributed by atoms with Crippen LogP contribution in [0.2, 0.25) is 0 Å². The van der Waals surface area contributed by atoms with Gasteiger partial charge in [0.05, 0.1) is 0 Å². The van der Waals surface area contributed by atoms with E-state index in [1.54, 1.807) is 12.1 Å². The van der Waals surface area contributed by atoms with Crippen LogP contribution < -0.4 is 5.73 Å². The van der Waals surface area contributed by atoms with Crippen molar-refractivity contribution < 1.29 is 4.39 Å². The average molecular weight is 253 g/mol. The first kappa shape index (κ1) is 11.7. The van der Waals surface area contributed by atoms with Crippen molar-refractivity contribution in [1.29, 1.82) is 5.26 Å². The normalized spacial score (nSPS) is 13.1. The first-order valence-corrected chi connectivity index (χ1v) is 6.18. The summed E-state index contributed by atoms with van der Waals surface area (Å²) < 4.78 is 13.4. The van der Waals surface area contributed by atoms with Crippen molar-refractivity contribution in [2.24, 2.45) is 0 Å². The number of nitrogens with zero attached hydrogens (tertiary/aromatic N) is 2. The molecular formula is C15H12FN3. The number of anilines is 1. The zero-order chi connectivity index (χ0) is 13.4. The Bertz CT molecular complexity index is 701. The lowest BCUT2D eigenvalue weighted by molar-refractivity contribution is 0.628. The lowest BCUT2D eigenvalue weighted by atomic mass is 9.95. The molecule has 0 atom stereocenters. The van der Waals surface area contributed by atoms with Crippen molar-refractivity contribution >= 4 is 5.82 Å². The first-order valence-electron chi connectivity index (χ1n) is 6.18. The van der Waals surface area contributed by atoms with Gasteiger partial charge in [0, 0.05) is 11.3 Å². The number of halogens is 1. The average Bonchev–Trinajstić information content (AvgIpc) is 2.84. The molecule has 0 saturated carbocycles. The summed E-state index contributed by atoms with van der Waals surface area (Å²) in [5.41, 5.74) is 9.63. The Morgan fingerprint density at radius 2 is 2.16 bits per heavy atom. The summed E-state index contributed by atoms with van der Waals surface area (Å²) in [5, 5.41) is 9.30. The van der Waals surface area contributed by atoms with Gasteiger partial charge in [0.2, 0.25) is 0 Å². The number of hydrogen-bond acceptors (Lipinski definition) is 3. The summed E-state index contributed by atoms with van der Waals surface area (Å²) in [7, 11) is 0. The van der Waals surface area contributed by atoms with Crippen molar-refractivity contribution in [2.75, 3.05) is 5.73 Å². The van der Waals surface area contributed by atoms with E-state index in [4.69, 9.17) is 5.73 Å². The molecule has 3 nitrogen and oxygen atoms in total. The van der Waals surface area contributed by atoms with Gasteiger partial charge in [-0.05, 0) is 42.5 Å². The van der Waals surface area contributed by atoms with E-state index in [0.717, 1.165) is 36.1 Å². The predicted octanol–water partition coefficient (Wildman–Crippen LogP) is 2.83. The van der Waals surface area contributed by atoms with Crippen LogP contribution in [0.3, 0.4) is 0 Å². The van der Waals surface area contributed by atoms with Crippen LogP contribution >= 0.6 is 0 Å². The van der Waals surface area contributed by atoms with Crippen LogP contribution in [0.5, 0.6) is 0 Å². The molecule has 0 radical (unpaired) electrons. The van der Waals surface area contributed by atoms with Crippen LogP contribution in [0, 0.1) is 17.1 Å². The van der Waals surface area contributed by atoms with Gasteiger partial charge >= 0.3 is 0 Å². The van der Waals surface area contributed by atoms with Gasteiger partial charge in [-0.3, -0.25) is 0 Å². The topological polar surface area (TPSA) is 62.7 Å². The highest BCUT2D eigenvalue weighted by Gasteiger charge is 2.23. The third kappa shape index (κ3) is 1.84. The Balaban J connectivity index is 2.34. The summed E-state index contributed by atoms with van der Waals surface area (Å²) in [5.74, 6) is -0.0778. The molecule has 4 heteroatoms. The number of nitriles is 1. The number of aryl methyl sites for hydroxylation is 1. The maximum atomic E-state index is 13.4. The molecule has 19 heavy (non-hydrogen) atoms. The van der Waals surface area contributed by atoms with Crippen LogP contribution in [-0.2, 0) is 12.8 Å². The molecule has 0 spiro atoms. The highest BCUT2D eigenvalue weighted by molar-refractivity contribution is 5.79. The number of aromatic nitrogens is 1. The molecule has 1 aromatic heterocycles. The van der Waals surface area contributed by atoms with E-state index < -0.39 is 0 Å². The highest BCUT2D eigenvalue weighted by atomic mass is 19.1. The molecule has 1 aliphatic rings. The van der Waals surface area contributed by atoms with Crippen LogP contribution in [0.15, 0.2) is 24.3 Å². The van der Waals surface area contributed by atoms with Gasteiger partial charge in [-0.15, -0.1) is 0 Å². The Kier molecular flexibility index (Phi) is 2.68. The lowest BCUT2D eigenvalue weighted by Crippen LogP contribution is -2.03. The number of benzene rings is 1. The Morgan fingerprint density at radius 1 is 1.32 bits per heavy atom. The summed E-state index contributed by atoms with van der Waals surface area (Å²) in [6, 6.07) is 8.37. The van der Waals surface area contributed by atoms with E-state index in [0.29, 0.717) is 11.1 Å². The zero-order valence-electron chi connectivity index (χ0n) is 10.3. The summed E-state index contributed by atoms with van der Waals surface area (Å²) in [6.45, 7) is 0. The summed E-state index contributed by atoms with van der Waals surface area (Å²) in [6.07, 6.45) is 2.73. The molecule has 2 aromatic rings. The number of nitrogens with two attached hydrogens (primary N) is 1. The second-order valence-corrected chi connectivity index (χ2v) is 4.65. The van der Waals surface area contributed by atoms with Crippen molar-refractivity contribution in [3.05, 3.63) is 46.9 Å². The fraction of sp³-hybridized carbons (Fsp3) is 0.200. The van der Waals surface area contributed by atoms with Crippen LogP contribution in [0.4, 0.5) is 10.2 Å². The molecule has 0 amide bonds. The van der Waals surface area contributed by atoms with Gasteiger partial charge in [0.15, 0.2) is 0 Å². The number of fused-ring (bicyclic) bond motifs is 1. The number of nitrogen functional groups attached to an aromatic ring is 1. The molecule has 3 rings (SSSR count). The van der Waals surface area contributed by atoms with Crippen molar-refractivity contribution in [2.45, 2.75) is 19.3 Å². The molecule has 0 unspecified atom stereocenters. The van der Waals surface area contributed by atoms with Gasteiger partial charge in [-0.2, -0.15) is 5.26 Å². The number of hydrogen-bond donors (Lipinski definition) is 1. The van der Waals surface area contributed by atoms with Crippen LogP contribution in [0.25, 0.3) is 11.1 Å². The van der Waals surface area contributed by atoms with Crippen LogP contribution in [0.1, 0.15) is 23.2 Å². The fourth-order valence-corrected chi connectivity index (χ4v) is 2.68. The van der Waals surface area contributed by atoms with E-state index in [2.05, 4.69) is 11.1 Å². The van der Waals surface area contributed by atoms with E-state index in [-0.39, 0.29) is 11.6 Å².